The van der Waals surface area contributed by atoms with Crippen molar-refractivity contribution in [2.45, 2.75) is 31.2 Å². The molecule has 2 rings (SSSR count). The average molecular weight is 491 g/mol. The minimum absolute atomic E-state index is 0.00182. The molecule has 10 heteroatoms. The Morgan fingerprint density at radius 1 is 1.00 bits per heavy atom. The largest absolute Gasteiger partial charge is 0.467 e. The van der Waals surface area contributed by atoms with Crippen LogP contribution in [0.3, 0.4) is 0 Å². The molecule has 0 fully saturated rings. The molecule has 0 saturated carbocycles. The van der Waals surface area contributed by atoms with Crippen molar-refractivity contribution in [1.82, 2.24) is 5.32 Å². The maximum Gasteiger partial charge on any atom is 0.339 e. The van der Waals surface area contributed by atoms with Gasteiger partial charge in [-0.25, -0.2) is 14.0 Å². The molecule has 2 aromatic carbocycles. The van der Waals surface area contributed by atoms with E-state index in [9.17, 15) is 23.6 Å². The molecule has 34 heavy (non-hydrogen) atoms. The Balaban J connectivity index is 1.91. The molecule has 0 radical (unpaired) electrons. The Morgan fingerprint density at radius 3 is 2.32 bits per heavy atom. The van der Waals surface area contributed by atoms with Crippen molar-refractivity contribution in [2.24, 2.45) is 5.92 Å². The standard InChI is InChI=1S/C24H27FN2O6S/c1-15(2)12-19(24(31)32-3)27-21(28)13-33-23(30)18-6-4-5-7-20(18)34-14-22(29)26-17-10-8-16(25)9-11-17/h4-11,15,19H,12-14H2,1-3H3,(H,26,29)(H,27,28). The van der Waals surface area contributed by atoms with E-state index in [1.54, 1.807) is 18.2 Å². The van der Waals surface area contributed by atoms with Gasteiger partial charge >= 0.3 is 11.9 Å². The number of esters is 2. The molecule has 0 heterocycles. The molecular formula is C24H27FN2O6S. The summed E-state index contributed by atoms with van der Waals surface area (Å²) in [7, 11) is 1.23. The lowest BCUT2D eigenvalue weighted by atomic mass is 10.0. The molecule has 0 bridgehead atoms. The summed E-state index contributed by atoms with van der Waals surface area (Å²) in [6, 6.07) is 11.0. The molecule has 2 aromatic rings. The summed E-state index contributed by atoms with van der Waals surface area (Å²) >= 11 is 1.12. The number of amides is 2. The van der Waals surface area contributed by atoms with Crippen molar-refractivity contribution in [3.05, 3.63) is 59.9 Å². The van der Waals surface area contributed by atoms with Crippen LogP contribution in [-0.2, 0) is 23.9 Å². The Labute approximate surface area is 201 Å². The van der Waals surface area contributed by atoms with Crippen LogP contribution >= 0.6 is 11.8 Å². The Kier molecular flexibility index (Phi) is 10.5. The van der Waals surface area contributed by atoms with Crippen molar-refractivity contribution >= 4 is 41.2 Å². The minimum Gasteiger partial charge on any atom is -0.467 e. The summed E-state index contributed by atoms with van der Waals surface area (Å²) in [5, 5.41) is 5.16. The topological polar surface area (TPSA) is 111 Å². The minimum atomic E-state index is -0.835. The number of anilines is 1. The van der Waals surface area contributed by atoms with E-state index >= 15 is 0 Å². The molecule has 2 amide bonds. The van der Waals surface area contributed by atoms with Crippen LogP contribution in [0.4, 0.5) is 10.1 Å². The van der Waals surface area contributed by atoms with Crippen LogP contribution in [0.1, 0.15) is 30.6 Å². The lowest BCUT2D eigenvalue weighted by Crippen LogP contribution is -2.44. The van der Waals surface area contributed by atoms with Gasteiger partial charge in [-0.1, -0.05) is 26.0 Å². The predicted octanol–water partition coefficient (Wildman–Crippen LogP) is 3.42. The third-order valence-electron chi connectivity index (χ3n) is 4.46. The molecule has 0 spiro atoms. The molecule has 8 nitrogen and oxygen atoms in total. The van der Waals surface area contributed by atoms with Gasteiger partial charge in [0.1, 0.15) is 11.9 Å². The number of methoxy groups -OCH3 is 1. The lowest BCUT2D eigenvalue weighted by molar-refractivity contribution is -0.145. The second kappa shape index (κ2) is 13.3. The first kappa shape index (κ1) is 26.8. The molecule has 2 N–H and O–H groups in total. The van der Waals surface area contributed by atoms with Gasteiger partial charge in [0.05, 0.1) is 18.4 Å². The van der Waals surface area contributed by atoms with Gasteiger partial charge in [0.15, 0.2) is 6.61 Å². The maximum absolute atomic E-state index is 13.0. The van der Waals surface area contributed by atoms with E-state index < -0.39 is 36.3 Å². The third kappa shape index (κ3) is 8.86. The zero-order valence-corrected chi connectivity index (χ0v) is 19.9. The number of carbonyl (C=O) groups excluding carboxylic acids is 4. The molecular weight excluding hydrogens is 463 g/mol. The van der Waals surface area contributed by atoms with Crippen LogP contribution < -0.4 is 10.6 Å². The summed E-state index contributed by atoms with van der Waals surface area (Å²) in [5.74, 6) is -2.56. The van der Waals surface area contributed by atoms with Gasteiger partial charge in [0, 0.05) is 10.6 Å². The molecule has 0 aromatic heterocycles. The maximum atomic E-state index is 13.0. The van der Waals surface area contributed by atoms with Crippen LogP contribution in [0, 0.1) is 11.7 Å². The predicted molar refractivity (Wildman–Crippen MR) is 126 cm³/mol. The van der Waals surface area contributed by atoms with E-state index in [1.807, 2.05) is 13.8 Å². The first-order valence-electron chi connectivity index (χ1n) is 10.5. The van der Waals surface area contributed by atoms with E-state index in [1.165, 1.54) is 37.4 Å². The second-order valence-corrected chi connectivity index (χ2v) is 8.71. The number of hydrogen-bond donors (Lipinski definition) is 2. The molecule has 182 valence electrons. The van der Waals surface area contributed by atoms with E-state index in [2.05, 4.69) is 10.6 Å². The van der Waals surface area contributed by atoms with Gasteiger partial charge in [-0.05, 0) is 48.7 Å². The fourth-order valence-corrected chi connectivity index (χ4v) is 3.75. The molecule has 0 aliphatic rings. The Morgan fingerprint density at radius 2 is 1.68 bits per heavy atom. The number of hydrogen-bond acceptors (Lipinski definition) is 7. The molecule has 0 saturated heterocycles. The highest BCUT2D eigenvalue weighted by molar-refractivity contribution is 8.00. The third-order valence-corrected chi connectivity index (χ3v) is 5.53. The summed E-state index contributed by atoms with van der Waals surface area (Å²) < 4.78 is 22.8. The number of benzene rings is 2. The number of rotatable bonds is 11. The quantitative estimate of drug-likeness (QED) is 0.367. The van der Waals surface area contributed by atoms with Crippen LogP contribution in [0.2, 0.25) is 0 Å². The van der Waals surface area contributed by atoms with Crippen LogP contribution in [0.25, 0.3) is 0 Å². The molecule has 0 aliphatic heterocycles. The van der Waals surface area contributed by atoms with Crippen LogP contribution in [0.15, 0.2) is 53.4 Å². The average Bonchev–Trinajstić information content (AvgIpc) is 2.81. The smallest absolute Gasteiger partial charge is 0.339 e. The number of halogens is 1. The lowest BCUT2D eigenvalue weighted by Gasteiger charge is -2.18. The number of nitrogens with one attached hydrogen (secondary N) is 2. The van der Waals surface area contributed by atoms with Gasteiger partial charge in [-0.15, -0.1) is 11.8 Å². The molecule has 1 unspecified atom stereocenters. The van der Waals surface area contributed by atoms with Gasteiger partial charge in [0.2, 0.25) is 5.91 Å². The van der Waals surface area contributed by atoms with Gasteiger partial charge in [-0.3, -0.25) is 9.59 Å². The Hall–Kier alpha value is -3.40. The SMILES string of the molecule is COC(=O)C(CC(C)C)NC(=O)COC(=O)c1ccccc1SCC(=O)Nc1ccc(F)cc1. The first-order chi connectivity index (χ1) is 16.2. The van der Waals surface area contributed by atoms with Gasteiger partial charge < -0.3 is 20.1 Å². The van der Waals surface area contributed by atoms with Crippen molar-refractivity contribution in [2.75, 3.05) is 24.8 Å². The number of ether oxygens (including phenoxy) is 2. The monoisotopic (exact) mass is 490 g/mol. The highest BCUT2D eigenvalue weighted by Crippen LogP contribution is 2.23. The summed E-state index contributed by atoms with van der Waals surface area (Å²) in [4.78, 5) is 49.3. The van der Waals surface area contributed by atoms with Crippen molar-refractivity contribution in [3.8, 4) is 0 Å². The van der Waals surface area contributed by atoms with Crippen LogP contribution in [-0.4, -0.2) is 49.3 Å². The Bertz CT molecular complexity index is 1010. The van der Waals surface area contributed by atoms with Gasteiger partial charge in [-0.2, -0.15) is 0 Å². The van der Waals surface area contributed by atoms with Crippen molar-refractivity contribution < 1.29 is 33.0 Å². The van der Waals surface area contributed by atoms with Crippen molar-refractivity contribution in [3.63, 3.8) is 0 Å². The summed E-state index contributed by atoms with van der Waals surface area (Å²) in [6.07, 6.45) is 0.381. The first-order valence-corrected chi connectivity index (χ1v) is 11.5. The van der Waals surface area contributed by atoms with Crippen molar-refractivity contribution in [1.29, 1.82) is 0 Å². The summed E-state index contributed by atoms with van der Waals surface area (Å²) in [6.45, 7) is 3.22. The normalized spacial score (nSPS) is 11.4. The number of carbonyl (C=O) groups is 4. The highest BCUT2D eigenvalue weighted by Gasteiger charge is 2.23. The number of thioether (sulfide) groups is 1. The van der Waals surface area contributed by atoms with E-state index in [4.69, 9.17) is 9.47 Å². The fourth-order valence-electron chi connectivity index (χ4n) is 2.91. The molecule has 0 aliphatic carbocycles. The van der Waals surface area contributed by atoms with E-state index in [0.29, 0.717) is 17.0 Å². The fraction of sp³-hybridized carbons (Fsp3) is 0.333. The zero-order valence-electron chi connectivity index (χ0n) is 19.1. The van der Waals surface area contributed by atoms with Crippen LogP contribution in [0.5, 0.6) is 0 Å². The summed E-state index contributed by atoms with van der Waals surface area (Å²) in [5.41, 5.74) is 0.648. The zero-order chi connectivity index (χ0) is 25.1. The van der Waals surface area contributed by atoms with E-state index in [-0.39, 0.29) is 23.1 Å². The van der Waals surface area contributed by atoms with Gasteiger partial charge in [0.25, 0.3) is 5.91 Å². The second-order valence-electron chi connectivity index (χ2n) is 7.69. The highest BCUT2D eigenvalue weighted by atomic mass is 32.2. The molecule has 1 atom stereocenters. The van der Waals surface area contributed by atoms with E-state index in [0.717, 1.165) is 11.8 Å².